The molecule has 2 amide bonds. The van der Waals surface area contributed by atoms with E-state index >= 15 is 0 Å². The summed E-state index contributed by atoms with van der Waals surface area (Å²) in [6.45, 7) is 4.07. The molecule has 0 bridgehead atoms. The predicted molar refractivity (Wildman–Crippen MR) is 96.9 cm³/mol. The first-order chi connectivity index (χ1) is 11.5. The Morgan fingerprint density at radius 3 is 2.75 bits per heavy atom. The number of carbonyl (C=O) groups is 1. The lowest BCUT2D eigenvalue weighted by atomic mass is 10.0. The maximum atomic E-state index is 12.4. The van der Waals surface area contributed by atoms with Crippen LogP contribution in [-0.2, 0) is 0 Å². The number of benzene rings is 1. The fraction of sp³-hybridized carbons (Fsp3) is 0.235. The van der Waals surface area contributed by atoms with E-state index in [4.69, 9.17) is 0 Å². The van der Waals surface area contributed by atoms with Gasteiger partial charge in [-0.2, -0.15) is 0 Å². The van der Waals surface area contributed by atoms with Crippen molar-refractivity contribution in [3.8, 4) is 0 Å². The zero-order chi connectivity index (χ0) is 17.1. The van der Waals surface area contributed by atoms with Crippen molar-refractivity contribution in [2.45, 2.75) is 19.9 Å². The van der Waals surface area contributed by atoms with Crippen LogP contribution in [0.15, 0.2) is 53.1 Å². The molecular weight excluding hydrogens is 370 g/mol. The quantitative estimate of drug-likeness (QED) is 0.710. The van der Waals surface area contributed by atoms with Crippen LogP contribution in [0.3, 0.4) is 0 Å². The van der Waals surface area contributed by atoms with Crippen molar-refractivity contribution < 1.29 is 4.79 Å². The van der Waals surface area contributed by atoms with Crippen LogP contribution in [0.4, 0.5) is 10.5 Å². The number of nitrogens with zero attached hydrogens (tertiary/aromatic N) is 3. The average Bonchev–Trinajstić information content (AvgIpc) is 2.96. The van der Waals surface area contributed by atoms with E-state index in [2.05, 4.69) is 36.8 Å². The van der Waals surface area contributed by atoms with E-state index < -0.39 is 0 Å². The molecule has 0 aliphatic rings. The van der Waals surface area contributed by atoms with Gasteiger partial charge in [0.05, 0.1) is 6.04 Å². The number of carbonyl (C=O) groups excluding carboxylic acids is 1. The van der Waals surface area contributed by atoms with Gasteiger partial charge < -0.3 is 10.6 Å². The van der Waals surface area contributed by atoms with Crippen molar-refractivity contribution in [2.24, 2.45) is 5.92 Å². The minimum Gasteiger partial charge on any atom is -0.328 e. The maximum absolute atomic E-state index is 12.4. The second kappa shape index (κ2) is 7.00. The Morgan fingerprint density at radius 2 is 2.00 bits per heavy atom. The van der Waals surface area contributed by atoms with Gasteiger partial charge in [-0.1, -0.05) is 41.9 Å². The topological polar surface area (TPSA) is 71.3 Å². The van der Waals surface area contributed by atoms with Gasteiger partial charge >= 0.3 is 6.03 Å². The SMILES string of the molecule is CC(C)C(NC(=O)Nc1cccc(Br)c1)c1nnc2ccccn12. The molecule has 7 heteroatoms. The normalized spacial score (nSPS) is 12.3. The summed E-state index contributed by atoms with van der Waals surface area (Å²) in [6, 6.07) is 12.6. The van der Waals surface area contributed by atoms with Crippen LogP contribution in [0.1, 0.15) is 25.7 Å². The van der Waals surface area contributed by atoms with E-state index in [0.717, 1.165) is 15.8 Å². The number of amides is 2. The van der Waals surface area contributed by atoms with Crippen molar-refractivity contribution in [1.29, 1.82) is 0 Å². The van der Waals surface area contributed by atoms with Gasteiger partial charge in [-0.3, -0.25) is 4.40 Å². The molecule has 124 valence electrons. The smallest absolute Gasteiger partial charge is 0.319 e. The van der Waals surface area contributed by atoms with E-state index in [-0.39, 0.29) is 18.0 Å². The van der Waals surface area contributed by atoms with Crippen molar-refractivity contribution in [1.82, 2.24) is 19.9 Å². The van der Waals surface area contributed by atoms with Crippen LogP contribution in [0.5, 0.6) is 0 Å². The first-order valence-electron chi connectivity index (χ1n) is 7.67. The fourth-order valence-corrected chi connectivity index (χ4v) is 2.88. The Bertz CT molecular complexity index is 861. The zero-order valence-electron chi connectivity index (χ0n) is 13.4. The third-order valence-electron chi connectivity index (χ3n) is 3.65. The molecule has 0 aliphatic carbocycles. The Labute approximate surface area is 148 Å². The Hall–Kier alpha value is -2.41. The molecule has 2 N–H and O–H groups in total. The van der Waals surface area contributed by atoms with E-state index in [1.165, 1.54) is 0 Å². The summed E-state index contributed by atoms with van der Waals surface area (Å²) in [5.41, 5.74) is 1.47. The highest BCUT2D eigenvalue weighted by atomic mass is 79.9. The van der Waals surface area contributed by atoms with E-state index in [9.17, 15) is 4.79 Å². The highest BCUT2D eigenvalue weighted by Gasteiger charge is 2.23. The number of aromatic nitrogens is 3. The summed E-state index contributed by atoms with van der Waals surface area (Å²) < 4.78 is 2.80. The van der Waals surface area contributed by atoms with Crippen molar-refractivity contribution in [2.75, 3.05) is 5.32 Å². The van der Waals surface area contributed by atoms with Gasteiger partial charge in [0.1, 0.15) is 0 Å². The molecule has 0 saturated heterocycles. The number of hydrogen-bond acceptors (Lipinski definition) is 3. The summed E-state index contributed by atoms with van der Waals surface area (Å²) in [5.74, 6) is 0.871. The lowest BCUT2D eigenvalue weighted by Gasteiger charge is -2.21. The number of hydrogen-bond donors (Lipinski definition) is 2. The zero-order valence-corrected chi connectivity index (χ0v) is 15.0. The van der Waals surface area contributed by atoms with Crippen LogP contribution in [0.25, 0.3) is 5.65 Å². The molecule has 2 heterocycles. The molecule has 6 nitrogen and oxygen atoms in total. The van der Waals surface area contributed by atoms with E-state index in [0.29, 0.717) is 5.82 Å². The summed E-state index contributed by atoms with van der Waals surface area (Å²) in [5, 5.41) is 14.2. The van der Waals surface area contributed by atoms with Crippen molar-refractivity contribution >= 4 is 33.3 Å². The second-order valence-corrected chi connectivity index (χ2v) is 6.73. The minimum absolute atomic E-state index is 0.158. The maximum Gasteiger partial charge on any atom is 0.319 e. The molecule has 1 aromatic carbocycles. The largest absolute Gasteiger partial charge is 0.328 e. The predicted octanol–water partition coefficient (Wildman–Crippen LogP) is 4.01. The van der Waals surface area contributed by atoms with Crippen LogP contribution in [0.2, 0.25) is 0 Å². The fourth-order valence-electron chi connectivity index (χ4n) is 2.48. The monoisotopic (exact) mass is 387 g/mol. The van der Waals surface area contributed by atoms with Crippen LogP contribution >= 0.6 is 15.9 Å². The lowest BCUT2D eigenvalue weighted by Crippen LogP contribution is -2.36. The number of halogens is 1. The Balaban J connectivity index is 1.80. The van der Waals surface area contributed by atoms with E-state index in [1.807, 2.05) is 66.9 Å². The number of rotatable bonds is 4. The number of anilines is 1. The highest BCUT2D eigenvalue weighted by molar-refractivity contribution is 9.10. The van der Waals surface area contributed by atoms with Gasteiger partial charge in [-0.15, -0.1) is 10.2 Å². The molecule has 1 atom stereocenters. The molecule has 3 rings (SSSR count). The minimum atomic E-state index is -0.278. The summed E-state index contributed by atoms with van der Waals surface area (Å²) in [7, 11) is 0. The van der Waals surface area contributed by atoms with Crippen molar-refractivity contribution in [3.05, 3.63) is 59.0 Å². The molecule has 3 aromatic rings. The summed E-state index contributed by atoms with van der Waals surface area (Å²) in [6.07, 6.45) is 1.90. The highest BCUT2D eigenvalue weighted by Crippen LogP contribution is 2.21. The average molecular weight is 388 g/mol. The van der Waals surface area contributed by atoms with Crippen LogP contribution in [0, 0.1) is 5.92 Å². The molecule has 0 saturated carbocycles. The molecule has 24 heavy (non-hydrogen) atoms. The number of urea groups is 1. The van der Waals surface area contributed by atoms with Gasteiger partial charge in [0, 0.05) is 16.4 Å². The third kappa shape index (κ3) is 3.56. The second-order valence-electron chi connectivity index (χ2n) is 5.82. The first kappa shape index (κ1) is 16.4. The standard InChI is InChI=1S/C17H18BrN5O/c1-11(2)15(16-22-21-14-8-3-4-9-23(14)16)20-17(24)19-13-7-5-6-12(18)10-13/h3-11,15H,1-2H3,(H2,19,20,24). The molecule has 2 aromatic heterocycles. The Morgan fingerprint density at radius 1 is 1.17 bits per heavy atom. The van der Waals surface area contributed by atoms with Gasteiger partial charge in [0.25, 0.3) is 0 Å². The molecule has 0 fully saturated rings. The van der Waals surface area contributed by atoms with Gasteiger partial charge in [-0.05, 0) is 36.2 Å². The summed E-state index contributed by atoms with van der Waals surface area (Å²) in [4.78, 5) is 12.4. The van der Waals surface area contributed by atoms with Gasteiger partial charge in [0.2, 0.25) is 0 Å². The molecule has 0 spiro atoms. The first-order valence-corrected chi connectivity index (χ1v) is 8.46. The molecular formula is C17H18BrN5O. The summed E-state index contributed by atoms with van der Waals surface area (Å²) >= 11 is 3.39. The van der Waals surface area contributed by atoms with Crippen LogP contribution < -0.4 is 10.6 Å². The lowest BCUT2D eigenvalue weighted by molar-refractivity contribution is 0.243. The number of nitrogens with one attached hydrogen (secondary N) is 2. The Kier molecular flexibility index (Phi) is 4.80. The molecule has 0 aliphatic heterocycles. The van der Waals surface area contributed by atoms with Gasteiger partial charge in [-0.25, -0.2) is 4.79 Å². The van der Waals surface area contributed by atoms with Gasteiger partial charge in [0.15, 0.2) is 11.5 Å². The van der Waals surface area contributed by atoms with Crippen LogP contribution in [-0.4, -0.2) is 20.6 Å². The molecule has 0 radical (unpaired) electrons. The van der Waals surface area contributed by atoms with E-state index in [1.54, 1.807) is 0 Å². The number of pyridine rings is 1. The molecule has 1 unspecified atom stereocenters. The van der Waals surface area contributed by atoms with Crippen molar-refractivity contribution in [3.63, 3.8) is 0 Å². The third-order valence-corrected chi connectivity index (χ3v) is 4.15. The number of fused-ring (bicyclic) bond motifs is 1.